The van der Waals surface area contributed by atoms with Crippen LogP contribution in [0.1, 0.15) is 11.3 Å². The van der Waals surface area contributed by atoms with E-state index in [1.165, 1.54) is 0 Å². The molecule has 0 bridgehead atoms. The molecular weight excluding hydrogens is 252 g/mol. The molecule has 0 saturated carbocycles. The molecular formula is C12H15ClN4O. The van der Waals surface area contributed by atoms with Crippen LogP contribution in [-0.2, 0) is 13.1 Å². The molecule has 2 N–H and O–H groups in total. The Balaban J connectivity index is 2.00. The van der Waals surface area contributed by atoms with Gasteiger partial charge in [0.2, 0.25) is 0 Å². The number of nitrogens with one attached hydrogen (secondary N) is 1. The lowest BCUT2D eigenvalue weighted by atomic mass is 10.2. The summed E-state index contributed by atoms with van der Waals surface area (Å²) in [6, 6.07) is 5.74. The molecule has 2 rings (SSSR count). The van der Waals surface area contributed by atoms with E-state index in [4.69, 9.17) is 16.7 Å². The van der Waals surface area contributed by atoms with Crippen LogP contribution in [0.2, 0.25) is 5.02 Å². The van der Waals surface area contributed by atoms with Crippen molar-refractivity contribution in [3.63, 3.8) is 0 Å². The number of benzene rings is 1. The van der Waals surface area contributed by atoms with Gasteiger partial charge in [0.05, 0.1) is 25.9 Å². The molecule has 0 spiro atoms. The maximum absolute atomic E-state index is 8.78. The van der Waals surface area contributed by atoms with Gasteiger partial charge in [-0.2, -0.15) is 0 Å². The summed E-state index contributed by atoms with van der Waals surface area (Å²) in [6.45, 7) is 3.06. The topological polar surface area (TPSA) is 63.0 Å². The molecule has 0 aliphatic carbocycles. The molecule has 2 aromatic rings. The molecule has 6 heteroatoms. The first-order valence-corrected chi connectivity index (χ1v) is 6.07. The van der Waals surface area contributed by atoms with Crippen LogP contribution in [0.25, 0.3) is 0 Å². The highest BCUT2D eigenvalue weighted by Crippen LogP contribution is 2.23. The number of halogens is 1. The Morgan fingerprint density at radius 2 is 2.28 bits per heavy atom. The first-order valence-electron chi connectivity index (χ1n) is 5.69. The predicted molar refractivity (Wildman–Crippen MR) is 70.6 cm³/mol. The SMILES string of the molecule is Cc1c(Cl)cccc1NCc1cn(CCO)nn1. The molecule has 0 fully saturated rings. The molecule has 0 unspecified atom stereocenters. The number of hydrogen-bond acceptors (Lipinski definition) is 4. The van der Waals surface area contributed by atoms with Gasteiger partial charge in [0, 0.05) is 10.7 Å². The average Bonchev–Trinajstić information content (AvgIpc) is 2.79. The van der Waals surface area contributed by atoms with Gasteiger partial charge < -0.3 is 10.4 Å². The molecule has 96 valence electrons. The fraction of sp³-hybridized carbons (Fsp3) is 0.333. The lowest BCUT2D eigenvalue weighted by Crippen LogP contribution is -2.02. The number of aromatic nitrogens is 3. The Hall–Kier alpha value is -1.59. The molecule has 0 radical (unpaired) electrons. The zero-order valence-corrected chi connectivity index (χ0v) is 10.9. The van der Waals surface area contributed by atoms with E-state index in [1.807, 2.05) is 31.3 Å². The number of rotatable bonds is 5. The van der Waals surface area contributed by atoms with Crippen molar-refractivity contribution >= 4 is 17.3 Å². The summed E-state index contributed by atoms with van der Waals surface area (Å²) in [4.78, 5) is 0. The number of nitrogens with zero attached hydrogens (tertiary/aromatic N) is 3. The van der Waals surface area contributed by atoms with E-state index in [0.29, 0.717) is 13.1 Å². The minimum absolute atomic E-state index is 0.0592. The van der Waals surface area contributed by atoms with Gasteiger partial charge in [0.15, 0.2) is 0 Å². The maximum Gasteiger partial charge on any atom is 0.102 e. The monoisotopic (exact) mass is 266 g/mol. The number of anilines is 1. The smallest absolute Gasteiger partial charge is 0.102 e. The van der Waals surface area contributed by atoms with Crippen LogP contribution in [0, 0.1) is 6.92 Å². The van der Waals surface area contributed by atoms with E-state index in [-0.39, 0.29) is 6.61 Å². The number of aliphatic hydroxyl groups is 1. The van der Waals surface area contributed by atoms with Crippen LogP contribution in [0.3, 0.4) is 0 Å². The van der Waals surface area contributed by atoms with Crippen LogP contribution in [0.5, 0.6) is 0 Å². The number of hydrogen-bond donors (Lipinski definition) is 2. The summed E-state index contributed by atoms with van der Waals surface area (Å²) >= 11 is 6.04. The molecule has 1 aromatic heterocycles. The highest BCUT2D eigenvalue weighted by atomic mass is 35.5. The Morgan fingerprint density at radius 3 is 3.06 bits per heavy atom. The van der Waals surface area contributed by atoms with Crippen molar-refractivity contribution in [3.8, 4) is 0 Å². The second-order valence-electron chi connectivity index (χ2n) is 3.96. The summed E-state index contributed by atoms with van der Waals surface area (Å²) in [6.07, 6.45) is 1.81. The van der Waals surface area contributed by atoms with Crippen LogP contribution < -0.4 is 5.32 Å². The van der Waals surface area contributed by atoms with E-state index >= 15 is 0 Å². The van der Waals surface area contributed by atoms with Gasteiger partial charge in [-0.1, -0.05) is 22.9 Å². The molecule has 1 aromatic carbocycles. The highest BCUT2D eigenvalue weighted by Gasteiger charge is 2.04. The zero-order chi connectivity index (χ0) is 13.0. The van der Waals surface area contributed by atoms with E-state index in [9.17, 15) is 0 Å². The third-order valence-electron chi connectivity index (χ3n) is 2.64. The minimum Gasteiger partial charge on any atom is -0.394 e. The van der Waals surface area contributed by atoms with Gasteiger partial charge in [-0.3, -0.25) is 0 Å². The lowest BCUT2D eigenvalue weighted by Gasteiger charge is -2.08. The van der Waals surface area contributed by atoms with Crippen molar-refractivity contribution in [3.05, 3.63) is 40.7 Å². The third kappa shape index (κ3) is 3.00. The van der Waals surface area contributed by atoms with E-state index in [2.05, 4.69) is 15.6 Å². The van der Waals surface area contributed by atoms with Crippen LogP contribution in [-0.4, -0.2) is 26.7 Å². The largest absolute Gasteiger partial charge is 0.394 e. The van der Waals surface area contributed by atoms with E-state index in [0.717, 1.165) is 22.0 Å². The van der Waals surface area contributed by atoms with Crippen molar-refractivity contribution < 1.29 is 5.11 Å². The van der Waals surface area contributed by atoms with Crippen molar-refractivity contribution in [1.82, 2.24) is 15.0 Å². The average molecular weight is 267 g/mol. The van der Waals surface area contributed by atoms with Crippen molar-refractivity contribution in [2.45, 2.75) is 20.0 Å². The third-order valence-corrected chi connectivity index (χ3v) is 3.05. The highest BCUT2D eigenvalue weighted by molar-refractivity contribution is 6.31. The summed E-state index contributed by atoms with van der Waals surface area (Å²) in [7, 11) is 0. The van der Waals surface area contributed by atoms with Gasteiger partial charge >= 0.3 is 0 Å². The van der Waals surface area contributed by atoms with Crippen LogP contribution >= 0.6 is 11.6 Å². The molecule has 0 atom stereocenters. The van der Waals surface area contributed by atoms with Gasteiger partial charge in [-0.25, -0.2) is 4.68 Å². The van der Waals surface area contributed by atoms with Crippen molar-refractivity contribution in [2.24, 2.45) is 0 Å². The molecule has 0 saturated heterocycles. The minimum atomic E-state index is 0.0592. The molecule has 0 aliphatic heterocycles. The fourth-order valence-corrected chi connectivity index (χ4v) is 1.79. The normalized spacial score (nSPS) is 10.6. The van der Waals surface area contributed by atoms with E-state index in [1.54, 1.807) is 4.68 Å². The number of aliphatic hydroxyl groups excluding tert-OH is 1. The second-order valence-corrected chi connectivity index (χ2v) is 4.37. The Morgan fingerprint density at radius 1 is 1.44 bits per heavy atom. The van der Waals surface area contributed by atoms with Gasteiger partial charge in [-0.15, -0.1) is 5.10 Å². The van der Waals surface area contributed by atoms with Gasteiger partial charge in [0.25, 0.3) is 0 Å². The summed E-state index contributed by atoms with van der Waals surface area (Å²) in [5.74, 6) is 0. The van der Waals surface area contributed by atoms with Crippen molar-refractivity contribution in [1.29, 1.82) is 0 Å². The van der Waals surface area contributed by atoms with Crippen LogP contribution in [0.4, 0.5) is 5.69 Å². The first-order chi connectivity index (χ1) is 8.70. The standard InChI is InChI=1S/C12H15ClN4O/c1-9-11(13)3-2-4-12(9)14-7-10-8-17(5-6-18)16-15-10/h2-4,8,14,18H,5-7H2,1H3. The molecule has 5 nitrogen and oxygen atoms in total. The van der Waals surface area contributed by atoms with Gasteiger partial charge in [-0.05, 0) is 24.6 Å². The molecule has 1 heterocycles. The maximum atomic E-state index is 8.78. The Bertz CT molecular complexity index is 527. The summed E-state index contributed by atoms with van der Waals surface area (Å²) in [5, 5.41) is 20.7. The quantitative estimate of drug-likeness (QED) is 0.867. The first kappa shape index (κ1) is 12.9. The molecule has 0 aliphatic rings. The van der Waals surface area contributed by atoms with Crippen molar-refractivity contribution in [2.75, 3.05) is 11.9 Å². The second kappa shape index (κ2) is 5.84. The fourth-order valence-electron chi connectivity index (χ4n) is 1.62. The lowest BCUT2D eigenvalue weighted by molar-refractivity contribution is 0.268. The summed E-state index contributed by atoms with van der Waals surface area (Å²) < 4.78 is 1.61. The Kier molecular flexibility index (Phi) is 4.17. The Labute approximate surface area is 110 Å². The zero-order valence-electron chi connectivity index (χ0n) is 10.1. The van der Waals surface area contributed by atoms with E-state index < -0.39 is 0 Å². The predicted octanol–water partition coefficient (Wildman–Crippen LogP) is 1.84. The summed E-state index contributed by atoms with van der Waals surface area (Å²) in [5.41, 5.74) is 2.82. The van der Waals surface area contributed by atoms with Gasteiger partial charge in [0.1, 0.15) is 5.69 Å². The molecule has 18 heavy (non-hydrogen) atoms. The molecule has 0 amide bonds. The van der Waals surface area contributed by atoms with Crippen LogP contribution in [0.15, 0.2) is 24.4 Å².